The third-order valence-corrected chi connectivity index (χ3v) is 5.00. The number of fused-ring (bicyclic) bond motifs is 1. The molecule has 3 rings (SSSR count). The van der Waals surface area contributed by atoms with Crippen molar-refractivity contribution in [3.05, 3.63) is 29.8 Å². The van der Waals surface area contributed by atoms with E-state index in [0.29, 0.717) is 0 Å². The highest BCUT2D eigenvalue weighted by atomic mass is 16.5. The van der Waals surface area contributed by atoms with Gasteiger partial charge in [-0.1, -0.05) is 32.0 Å². The number of ether oxygens (including phenoxy) is 1. The summed E-state index contributed by atoms with van der Waals surface area (Å²) in [6, 6.07) is 8.35. The summed E-state index contributed by atoms with van der Waals surface area (Å²) in [6.07, 6.45) is 2.92. The molecule has 0 radical (unpaired) electrons. The molecule has 2 aliphatic rings. The first-order chi connectivity index (χ1) is 11.0. The van der Waals surface area contributed by atoms with E-state index in [1.807, 2.05) is 24.8 Å². The molecule has 0 saturated carbocycles. The van der Waals surface area contributed by atoms with Gasteiger partial charge >= 0.3 is 0 Å². The van der Waals surface area contributed by atoms with Gasteiger partial charge in [0.2, 0.25) is 5.91 Å². The molecule has 1 amide bonds. The van der Waals surface area contributed by atoms with E-state index in [9.17, 15) is 4.79 Å². The Morgan fingerprint density at radius 1 is 1.22 bits per heavy atom. The lowest BCUT2D eigenvalue weighted by Crippen LogP contribution is -2.45. The summed E-state index contributed by atoms with van der Waals surface area (Å²) >= 11 is 0. The van der Waals surface area contributed by atoms with Crippen molar-refractivity contribution in [2.75, 3.05) is 26.7 Å². The number of carbonyl (C=O) groups is 1. The van der Waals surface area contributed by atoms with E-state index in [1.165, 1.54) is 5.56 Å². The predicted molar refractivity (Wildman–Crippen MR) is 91.4 cm³/mol. The van der Waals surface area contributed by atoms with E-state index in [4.69, 9.17) is 4.74 Å². The first-order valence-corrected chi connectivity index (χ1v) is 8.73. The van der Waals surface area contributed by atoms with E-state index in [-0.39, 0.29) is 17.4 Å². The summed E-state index contributed by atoms with van der Waals surface area (Å²) in [6.45, 7) is 7.46. The van der Waals surface area contributed by atoms with Crippen LogP contribution in [0.3, 0.4) is 0 Å². The third kappa shape index (κ3) is 3.52. The number of hydrogen-bond acceptors (Lipinski definition) is 3. The van der Waals surface area contributed by atoms with Crippen molar-refractivity contribution in [1.82, 2.24) is 9.80 Å². The fraction of sp³-hybridized carbons (Fsp3) is 0.632. The average Bonchev–Trinajstić information content (AvgIpc) is 2.79. The first kappa shape index (κ1) is 16.3. The lowest BCUT2D eigenvalue weighted by Gasteiger charge is -2.34. The average molecular weight is 316 g/mol. The maximum Gasteiger partial charge on any atom is 0.225 e. The molecule has 1 fully saturated rings. The molecule has 2 aliphatic heterocycles. The van der Waals surface area contributed by atoms with Gasteiger partial charge in [-0.05, 0) is 26.0 Å². The van der Waals surface area contributed by atoms with Crippen LogP contribution < -0.4 is 4.74 Å². The van der Waals surface area contributed by atoms with Crippen molar-refractivity contribution in [3.63, 3.8) is 0 Å². The van der Waals surface area contributed by atoms with Gasteiger partial charge in [0.05, 0.1) is 0 Å². The summed E-state index contributed by atoms with van der Waals surface area (Å²) in [4.78, 5) is 16.7. The minimum Gasteiger partial charge on any atom is -0.486 e. The smallest absolute Gasteiger partial charge is 0.225 e. The highest BCUT2D eigenvalue weighted by Gasteiger charge is 2.39. The normalized spacial score (nSPS) is 25.7. The van der Waals surface area contributed by atoms with Crippen LogP contribution in [0.4, 0.5) is 0 Å². The molecule has 126 valence electrons. The fourth-order valence-corrected chi connectivity index (χ4v) is 3.85. The van der Waals surface area contributed by atoms with Crippen molar-refractivity contribution in [1.29, 1.82) is 0 Å². The predicted octanol–water partition coefficient (Wildman–Crippen LogP) is 2.92. The number of para-hydroxylation sites is 1. The lowest BCUT2D eigenvalue weighted by atomic mass is 9.94. The summed E-state index contributed by atoms with van der Waals surface area (Å²) in [7, 11) is 2.16. The molecule has 23 heavy (non-hydrogen) atoms. The molecule has 1 spiro atoms. The molecular formula is C19H28N2O2. The van der Waals surface area contributed by atoms with Gasteiger partial charge in [-0.25, -0.2) is 0 Å². The second-order valence-electron chi connectivity index (χ2n) is 7.40. The van der Waals surface area contributed by atoms with Crippen LogP contribution >= 0.6 is 0 Å². The number of benzene rings is 1. The van der Waals surface area contributed by atoms with E-state index in [0.717, 1.165) is 51.2 Å². The summed E-state index contributed by atoms with van der Waals surface area (Å²) < 4.78 is 6.54. The maximum absolute atomic E-state index is 12.3. The molecule has 4 nitrogen and oxygen atoms in total. The van der Waals surface area contributed by atoms with Crippen LogP contribution in [0.2, 0.25) is 0 Å². The number of hydrogen-bond donors (Lipinski definition) is 0. The van der Waals surface area contributed by atoms with Gasteiger partial charge in [0, 0.05) is 44.1 Å². The Kier molecular flexibility index (Phi) is 4.62. The Hall–Kier alpha value is -1.55. The molecule has 1 aromatic rings. The molecule has 0 aromatic heterocycles. The monoisotopic (exact) mass is 316 g/mol. The Bertz CT molecular complexity index is 572. The SMILES string of the molecule is CC(C)C(=O)N1CCC[C@@]2(CC1)CN(C)Cc1ccccc1O2. The van der Waals surface area contributed by atoms with E-state index < -0.39 is 0 Å². The second kappa shape index (κ2) is 6.52. The highest BCUT2D eigenvalue weighted by Crippen LogP contribution is 2.35. The molecule has 2 heterocycles. The molecular weight excluding hydrogens is 288 g/mol. The molecule has 4 heteroatoms. The van der Waals surface area contributed by atoms with Crippen molar-refractivity contribution >= 4 is 5.91 Å². The Morgan fingerprint density at radius 2 is 2.00 bits per heavy atom. The standard InChI is InChI=1S/C19H28N2O2/c1-15(2)18(22)21-11-6-9-19(10-12-21)14-20(3)13-16-7-4-5-8-17(16)23-19/h4-5,7-8,15H,6,9-14H2,1-3H3/t19-/m1/s1. The topological polar surface area (TPSA) is 32.8 Å². The number of likely N-dealkylation sites (tertiary alicyclic amines) is 1. The van der Waals surface area contributed by atoms with Crippen LogP contribution in [0, 0.1) is 5.92 Å². The zero-order chi connectivity index (χ0) is 16.4. The Labute approximate surface area is 139 Å². The van der Waals surface area contributed by atoms with Crippen LogP contribution in [0.25, 0.3) is 0 Å². The van der Waals surface area contributed by atoms with Crippen molar-refractivity contribution in [2.24, 2.45) is 5.92 Å². The van der Waals surface area contributed by atoms with E-state index in [2.05, 4.69) is 30.1 Å². The van der Waals surface area contributed by atoms with Crippen molar-refractivity contribution < 1.29 is 9.53 Å². The van der Waals surface area contributed by atoms with Gasteiger partial charge < -0.3 is 9.64 Å². The zero-order valence-electron chi connectivity index (χ0n) is 14.5. The van der Waals surface area contributed by atoms with Gasteiger partial charge in [0.15, 0.2) is 0 Å². The van der Waals surface area contributed by atoms with Crippen LogP contribution in [0.15, 0.2) is 24.3 Å². The zero-order valence-corrected chi connectivity index (χ0v) is 14.5. The fourth-order valence-electron chi connectivity index (χ4n) is 3.85. The number of likely N-dealkylation sites (N-methyl/N-ethyl adjacent to an activating group) is 1. The van der Waals surface area contributed by atoms with Gasteiger partial charge in [0.25, 0.3) is 0 Å². The van der Waals surface area contributed by atoms with E-state index >= 15 is 0 Å². The molecule has 0 unspecified atom stereocenters. The van der Waals surface area contributed by atoms with Gasteiger partial charge in [0.1, 0.15) is 11.4 Å². The second-order valence-corrected chi connectivity index (χ2v) is 7.40. The minimum absolute atomic E-state index is 0.0718. The highest BCUT2D eigenvalue weighted by molar-refractivity contribution is 5.78. The Balaban J connectivity index is 1.80. The number of amides is 1. The quantitative estimate of drug-likeness (QED) is 0.798. The molecule has 0 aliphatic carbocycles. The minimum atomic E-state index is -0.173. The van der Waals surface area contributed by atoms with Gasteiger partial charge in [-0.3, -0.25) is 9.69 Å². The molecule has 1 aromatic carbocycles. The van der Waals surface area contributed by atoms with Crippen LogP contribution in [-0.2, 0) is 11.3 Å². The summed E-state index contributed by atoms with van der Waals surface area (Å²) in [5.74, 6) is 1.35. The largest absolute Gasteiger partial charge is 0.486 e. The summed E-state index contributed by atoms with van der Waals surface area (Å²) in [5, 5.41) is 0. The molecule has 0 bridgehead atoms. The van der Waals surface area contributed by atoms with Crippen LogP contribution in [0.5, 0.6) is 5.75 Å². The van der Waals surface area contributed by atoms with Crippen molar-refractivity contribution in [2.45, 2.75) is 45.3 Å². The lowest BCUT2D eigenvalue weighted by molar-refractivity contribution is -0.134. The molecule has 0 N–H and O–H groups in total. The van der Waals surface area contributed by atoms with E-state index in [1.54, 1.807) is 0 Å². The van der Waals surface area contributed by atoms with Crippen molar-refractivity contribution in [3.8, 4) is 5.75 Å². The first-order valence-electron chi connectivity index (χ1n) is 8.73. The number of rotatable bonds is 1. The van der Waals surface area contributed by atoms with Gasteiger partial charge in [-0.2, -0.15) is 0 Å². The van der Waals surface area contributed by atoms with Crippen LogP contribution in [-0.4, -0.2) is 48.0 Å². The number of nitrogens with zero attached hydrogens (tertiary/aromatic N) is 2. The molecule has 1 atom stereocenters. The van der Waals surface area contributed by atoms with Crippen LogP contribution in [0.1, 0.15) is 38.7 Å². The number of carbonyl (C=O) groups excluding carboxylic acids is 1. The molecule has 1 saturated heterocycles. The maximum atomic E-state index is 12.3. The Morgan fingerprint density at radius 3 is 2.78 bits per heavy atom. The third-order valence-electron chi connectivity index (χ3n) is 5.00. The van der Waals surface area contributed by atoms with Gasteiger partial charge in [-0.15, -0.1) is 0 Å². The summed E-state index contributed by atoms with van der Waals surface area (Å²) in [5.41, 5.74) is 1.08.